The summed E-state index contributed by atoms with van der Waals surface area (Å²) in [5.74, 6) is 0.661. The topological polar surface area (TPSA) is 63.9 Å². The molecule has 1 aromatic carbocycles. The van der Waals surface area contributed by atoms with E-state index in [1.807, 2.05) is 0 Å². The van der Waals surface area contributed by atoms with Gasteiger partial charge in [0.05, 0.1) is 11.4 Å². The van der Waals surface area contributed by atoms with E-state index < -0.39 is 0 Å². The van der Waals surface area contributed by atoms with Gasteiger partial charge in [-0.1, -0.05) is 35.8 Å². The second-order valence-corrected chi connectivity index (χ2v) is 6.74. The zero-order valence-electron chi connectivity index (χ0n) is 15.5. The van der Waals surface area contributed by atoms with Crippen molar-refractivity contribution in [3.8, 4) is 11.4 Å². The van der Waals surface area contributed by atoms with Gasteiger partial charge in [0.15, 0.2) is 0 Å². The third kappa shape index (κ3) is 3.53. The molecule has 0 aliphatic carbocycles. The van der Waals surface area contributed by atoms with Gasteiger partial charge in [-0.2, -0.15) is 0 Å². The van der Waals surface area contributed by atoms with Gasteiger partial charge in [0.1, 0.15) is 14.2 Å². The second kappa shape index (κ2) is 7.19. The molecule has 0 fully saturated rings. The minimum absolute atomic E-state index is 0.0970. The molecule has 0 amide bonds. The van der Waals surface area contributed by atoms with Crippen LogP contribution in [0.2, 0.25) is 0 Å². The van der Waals surface area contributed by atoms with E-state index >= 15 is 0 Å². The van der Waals surface area contributed by atoms with Crippen molar-refractivity contribution in [1.82, 2.24) is 19.5 Å². The summed E-state index contributed by atoms with van der Waals surface area (Å²) in [6.07, 6.45) is 6.31. The average Bonchev–Trinajstić information content (AvgIpc) is 2.71. The van der Waals surface area contributed by atoms with Crippen molar-refractivity contribution >= 4 is 24.8 Å². The number of rotatable bonds is 3. The fourth-order valence-electron chi connectivity index (χ4n) is 3.35. The molecule has 1 aliphatic rings. The Balaban J connectivity index is 1.70. The Morgan fingerprint density at radius 2 is 2.04 bits per heavy atom. The highest BCUT2D eigenvalue weighted by Gasteiger charge is 2.19. The summed E-state index contributed by atoms with van der Waals surface area (Å²) >= 11 is 0. The third-order valence-corrected chi connectivity index (χ3v) is 4.78. The van der Waals surface area contributed by atoms with Crippen LogP contribution in [-0.2, 0) is 7.05 Å². The lowest BCUT2D eigenvalue weighted by molar-refractivity contribution is 0.726. The van der Waals surface area contributed by atoms with E-state index in [0.29, 0.717) is 17.3 Å². The third-order valence-electron chi connectivity index (χ3n) is 4.78. The first kappa shape index (κ1) is 17.2. The van der Waals surface area contributed by atoms with Crippen molar-refractivity contribution in [2.24, 2.45) is 7.05 Å². The van der Waals surface area contributed by atoms with Crippen molar-refractivity contribution in [2.45, 2.75) is 6.42 Å². The lowest BCUT2D eigenvalue weighted by Gasteiger charge is -2.30. The molecule has 0 unspecified atom stereocenters. The molecule has 134 valence electrons. The maximum absolute atomic E-state index is 12.5. The standard InChI is InChI=1S/C20H20BN5O/c1-25-19(27)11-18(17-7-8-22-13-23-17)24-20(25)26-9-3-5-15(12-26)14-4-2-6-16(21)10-14/h2,4-8,10-11,13H,3,9,12,21H2,1H3. The number of hydrogen-bond acceptors (Lipinski definition) is 5. The van der Waals surface area contributed by atoms with Crippen LogP contribution in [0.1, 0.15) is 12.0 Å². The summed E-state index contributed by atoms with van der Waals surface area (Å²) in [6.45, 7) is 1.54. The first-order valence-corrected chi connectivity index (χ1v) is 8.97. The van der Waals surface area contributed by atoms with E-state index in [1.54, 1.807) is 23.9 Å². The van der Waals surface area contributed by atoms with Gasteiger partial charge in [-0.3, -0.25) is 9.36 Å². The van der Waals surface area contributed by atoms with E-state index in [2.05, 4.69) is 53.1 Å². The Hall–Kier alpha value is -3.22. The summed E-state index contributed by atoms with van der Waals surface area (Å²) in [5, 5.41) is 0. The van der Waals surface area contributed by atoms with E-state index in [0.717, 1.165) is 19.5 Å². The molecule has 7 heteroatoms. The van der Waals surface area contributed by atoms with Gasteiger partial charge in [-0.15, -0.1) is 0 Å². The smallest absolute Gasteiger partial charge is 0.255 e. The van der Waals surface area contributed by atoms with Crippen molar-refractivity contribution in [2.75, 3.05) is 18.0 Å². The first-order chi connectivity index (χ1) is 13.1. The Morgan fingerprint density at radius 3 is 2.81 bits per heavy atom. The number of aromatic nitrogens is 4. The molecule has 2 aromatic heterocycles. The van der Waals surface area contributed by atoms with Crippen molar-refractivity contribution in [1.29, 1.82) is 0 Å². The molecule has 0 saturated carbocycles. The van der Waals surface area contributed by atoms with Gasteiger partial charge in [0.2, 0.25) is 5.95 Å². The zero-order chi connectivity index (χ0) is 18.8. The van der Waals surface area contributed by atoms with Crippen LogP contribution in [0, 0.1) is 0 Å². The molecule has 0 bridgehead atoms. The van der Waals surface area contributed by atoms with E-state index in [1.165, 1.54) is 29.0 Å². The van der Waals surface area contributed by atoms with Crippen LogP contribution in [0.5, 0.6) is 0 Å². The highest BCUT2D eigenvalue weighted by molar-refractivity contribution is 6.32. The monoisotopic (exact) mass is 357 g/mol. The summed E-state index contributed by atoms with van der Waals surface area (Å²) in [7, 11) is 3.86. The zero-order valence-corrected chi connectivity index (χ0v) is 15.5. The molecular formula is C20H20BN5O. The van der Waals surface area contributed by atoms with Gasteiger partial charge in [0.25, 0.3) is 5.56 Å². The van der Waals surface area contributed by atoms with Crippen LogP contribution in [0.15, 0.2) is 59.8 Å². The first-order valence-electron chi connectivity index (χ1n) is 8.97. The number of anilines is 1. The van der Waals surface area contributed by atoms with Crippen molar-refractivity contribution in [3.05, 3.63) is 70.9 Å². The van der Waals surface area contributed by atoms with Crippen LogP contribution in [-0.4, -0.2) is 40.5 Å². The molecule has 0 spiro atoms. The Morgan fingerprint density at radius 1 is 1.15 bits per heavy atom. The fourth-order valence-corrected chi connectivity index (χ4v) is 3.35. The molecule has 27 heavy (non-hydrogen) atoms. The fraction of sp³-hybridized carbons (Fsp3) is 0.200. The van der Waals surface area contributed by atoms with Crippen LogP contribution >= 0.6 is 0 Å². The molecule has 4 rings (SSSR count). The Kier molecular flexibility index (Phi) is 4.58. The van der Waals surface area contributed by atoms with Crippen molar-refractivity contribution in [3.63, 3.8) is 0 Å². The molecule has 0 atom stereocenters. The normalized spacial score (nSPS) is 14.1. The highest BCUT2D eigenvalue weighted by atomic mass is 16.1. The largest absolute Gasteiger partial charge is 0.338 e. The lowest BCUT2D eigenvalue weighted by Crippen LogP contribution is -2.35. The molecule has 0 saturated heterocycles. The average molecular weight is 357 g/mol. The van der Waals surface area contributed by atoms with Crippen molar-refractivity contribution < 1.29 is 0 Å². The molecule has 1 aliphatic heterocycles. The number of benzene rings is 1. The molecular weight excluding hydrogens is 337 g/mol. The molecule has 6 nitrogen and oxygen atoms in total. The molecule has 0 N–H and O–H groups in total. The summed E-state index contributed by atoms with van der Waals surface area (Å²) < 4.78 is 1.60. The maximum Gasteiger partial charge on any atom is 0.255 e. The Bertz CT molecular complexity index is 1060. The van der Waals surface area contributed by atoms with Crippen LogP contribution in [0.3, 0.4) is 0 Å². The quantitative estimate of drug-likeness (QED) is 0.649. The van der Waals surface area contributed by atoms with E-state index in [4.69, 9.17) is 4.98 Å². The van der Waals surface area contributed by atoms with Gasteiger partial charge >= 0.3 is 0 Å². The number of hydrogen-bond donors (Lipinski definition) is 0. The minimum atomic E-state index is -0.0970. The summed E-state index contributed by atoms with van der Waals surface area (Å²) in [4.78, 5) is 27.6. The molecule has 0 radical (unpaired) electrons. The van der Waals surface area contributed by atoms with E-state index in [9.17, 15) is 4.79 Å². The summed E-state index contributed by atoms with van der Waals surface area (Å²) in [5.41, 5.74) is 4.84. The highest BCUT2D eigenvalue weighted by Crippen LogP contribution is 2.24. The minimum Gasteiger partial charge on any atom is -0.338 e. The predicted octanol–water partition coefficient (Wildman–Crippen LogP) is 0.789. The number of nitrogens with zero attached hydrogens (tertiary/aromatic N) is 5. The second-order valence-electron chi connectivity index (χ2n) is 6.74. The predicted molar refractivity (Wildman–Crippen MR) is 110 cm³/mol. The summed E-state index contributed by atoms with van der Waals surface area (Å²) in [6, 6.07) is 11.8. The lowest BCUT2D eigenvalue weighted by atomic mass is 9.91. The molecule has 3 aromatic rings. The Labute approximate surface area is 158 Å². The molecule has 3 heterocycles. The van der Waals surface area contributed by atoms with Gasteiger partial charge in [-0.25, -0.2) is 15.0 Å². The van der Waals surface area contributed by atoms with Gasteiger partial charge in [0, 0.05) is 32.4 Å². The SMILES string of the molecule is Bc1cccc(C2=CCCN(c3nc(-c4ccncn4)cc(=O)n3C)C2)c1. The van der Waals surface area contributed by atoms with Gasteiger partial charge in [-0.05, 0) is 23.6 Å². The van der Waals surface area contributed by atoms with Gasteiger partial charge < -0.3 is 4.90 Å². The maximum atomic E-state index is 12.5. The van der Waals surface area contributed by atoms with E-state index in [-0.39, 0.29) is 5.56 Å². The van der Waals surface area contributed by atoms with Crippen LogP contribution in [0.25, 0.3) is 17.0 Å². The van der Waals surface area contributed by atoms with Crippen LogP contribution in [0.4, 0.5) is 5.95 Å². The van der Waals surface area contributed by atoms with Crippen LogP contribution < -0.4 is 15.9 Å².